The van der Waals surface area contributed by atoms with Crippen LogP contribution in [0.4, 0.5) is 10.7 Å². The Hall–Kier alpha value is -3.32. The summed E-state index contributed by atoms with van der Waals surface area (Å²) >= 11 is 1.62. The molecule has 1 aliphatic rings. The van der Waals surface area contributed by atoms with Crippen LogP contribution in [0.15, 0.2) is 47.5 Å². The molecule has 1 aliphatic carbocycles. The van der Waals surface area contributed by atoms with Crippen molar-refractivity contribution in [3.8, 4) is 17.2 Å². The van der Waals surface area contributed by atoms with Crippen molar-refractivity contribution in [1.82, 2.24) is 0 Å². The molecule has 6 nitrogen and oxygen atoms in total. The van der Waals surface area contributed by atoms with Gasteiger partial charge < -0.3 is 19.5 Å². The molecule has 2 aromatic carbocycles. The predicted octanol–water partition coefficient (Wildman–Crippen LogP) is 6.05. The number of hydrogen-bond donors (Lipinski definition) is 1. The van der Waals surface area contributed by atoms with Gasteiger partial charge in [-0.15, -0.1) is 11.3 Å². The number of anilines is 1. The minimum Gasteiger partial charge on any atom is -0.497 e. The molecular formula is C26H28N2O4S. The topological polar surface area (TPSA) is 69.2 Å². The summed E-state index contributed by atoms with van der Waals surface area (Å²) in [6.07, 6.45) is 7.09. The first kappa shape index (κ1) is 22.9. The highest BCUT2D eigenvalue weighted by molar-refractivity contribution is 7.16. The van der Waals surface area contributed by atoms with Crippen LogP contribution in [0.3, 0.4) is 0 Å². The van der Waals surface area contributed by atoms with Gasteiger partial charge in [0.2, 0.25) is 0 Å². The maximum atomic E-state index is 13.5. The number of carbonyl (C=O) groups excluding carboxylic acids is 1. The lowest BCUT2D eigenvalue weighted by atomic mass is 10.0. The average molecular weight is 465 g/mol. The van der Waals surface area contributed by atoms with E-state index in [-0.39, 0.29) is 5.91 Å². The zero-order valence-corrected chi connectivity index (χ0v) is 20.0. The first-order valence-corrected chi connectivity index (χ1v) is 11.8. The highest BCUT2D eigenvalue weighted by Crippen LogP contribution is 2.40. The van der Waals surface area contributed by atoms with Gasteiger partial charge in [0.15, 0.2) is 0 Å². The smallest absolute Gasteiger partial charge is 0.259 e. The van der Waals surface area contributed by atoms with Crippen molar-refractivity contribution >= 4 is 34.1 Å². The van der Waals surface area contributed by atoms with Crippen molar-refractivity contribution in [3.63, 3.8) is 0 Å². The molecule has 1 aromatic heterocycles. The van der Waals surface area contributed by atoms with Crippen molar-refractivity contribution < 1.29 is 19.0 Å². The number of aryl methyl sites for hydroxylation is 1. The third kappa shape index (κ3) is 5.20. The highest BCUT2D eigenvalue weighted by Gasteiger charge is 2.25. The van der Waals surface area contributed by atoms with E-state index in [1.54, 1.807) is 57.1 Å². The predicted molar refractivity (Wildman–Crippen MR) is 133 cm³/mol. The van der Waals surface area contributed by atoms with Gasteiger partial charge in [0.25, 0.3) is 5.91 Å². The van der Waals surface area contributed by atoms with E-state index in [2.05, 4.69) is 5.32 Å². The Morgan fingerprint density at radius 2 is 1.67 bits per heavy atom. The van der Waals surface area contributed by atoms with Crippen LogP contribution in [-0.4, -0.2) is 33.5 Å². The first-order valence-electron chi connectivity index (χ1n) is 11.0. The van der Waals surface area contributed by atoms with E-state index in [1.807, 2.05) is 24.3 Å². The number of amides is 1. The van der Waals surface area contributed by atoms with Crippen molar-refractivity contribution in [2.24, 2.45) is 4.99 Å². The van der Waals surface area contributed by atoms with Crippen LogP contribution in [0.5, 0.6) is 17.2 Å². The molecule has 172 valence electrons. The molecule has 7 heteroatoms. The zero-order chi connectivity index (χ0) is 23.2. The van der Waals surface area contributed by atoms with Crippen LogP contribution >= 0.6 is 11.3 Å². The van der Waals surface area contributed by atoms with Gasteiger partial charge in [-0.05, 0) is 73.2 Å². The third-order valence-corrected chi connectivity index (χ3v) is 6.93. The number of aliphatic imine (C=N–C) groups is 1. The Morgan fingerprint density at radius 1 is 0.939 bits per heavy atom. The summed E-state index contributed by atoms with van der Waals surface area (Å²) in [6, 6.07) is 13.0. The lowest BCUT2D eigenvalue weighted by Gasteiger charge is -2.12. The minimum absolute atomic E-state index is 0.167. The van der Waals surface area contributed by atoms with Gasteiger partial charge in [0.05, 0.1) is 32.6 Å². The van der Waals surface area contributed by atoms with Gasteiger partial charge in [-0.25, -0.2) is 4.99 Å². The Morgan fingerprint density at radius 3 is 2.39 bits per heavy atom. The molecule has 1 amide bonds. The Labute approximate surface area is 198 Å². The molecule has 0 aliphatic heterocycles. The fraction of sp³-hybridized carbons (Fsp3) is 0.308. The summed E-state index contributed by atoms with van der Waals surface area (Å²) in [5.41, 5.74) is 3.34. The average Bonchev–Trinajstić information content (AvgIpc) is 3.04. The largest absolute Gasteiger partial charge is 0.497 e. The Bertz CT molecular complexity index is 1150. The summed E-state index contributed by atoms with van der Waals surface area (Å²) in [6.45, 7) is 0. The molecular weight excluding hydrogens is 436 g/mol. The third-order valence-electron chi connectivity index (χ3n) is 5.73. The molecule has 4 rings (SSSR count). The van der Waals surface area contributed by atoms with E-state index < -0.39 is 0 Å². The van der Waals surface area contributed by atoms with E-state index in [9.17, 15) is 4.79 Å². The molecule has 0 radical (unpaired) electrons. The van der Waals surface area contributed by atoms with Crippen LogP contribution in [0.25, 0.3) is 0 Å². The second kappa shape index (κ2) is 10.5. The van der Waals surface area contributed by atoms with Crippen LogP contribution in [0.1, 0.15) is 45.6 Å². The monoisotopic (exact) mass is 464 g/mol. The van der Waals surface area contributed by atoms with E-state index in [1.165, 1.54) is 11.3 Å². The van der Waals surface area contributed by atoms with E-state index in [0.29, 0.717) is 22.7 Å². The fourth-order valence-electron chi connectivity index (χ4n) is 3.96. The number of carbonyl (C=O) groups is 1. The number of benzene rings is 2. The van der Waals surface area contributed by atoms with Gasteiger partial charge >= 0.3 is 0 Å². The number of thiophene rings is 1. The number of rotatable bonds is 7. The quantitative estimate of drug-likeness (QED) is 0.342. The molecule has 3 aromatic rings. The lowest BCUT2D eigenvalue weighted by Crippen LogP contribution is -2.14. The first-order chi connectivity index (χ1) is 16.1. The fourth-order valence-corrected chi connectivity index (χ4v) is 5.19. The summed E-state index contributed by atoms with van der Waals surface area (Å²) in [7, 11) is 4.82. The second-order valence-electron chi connectivity index (χ2n) is 7.80. The van der Waals surface area contributed by atoms with Crippen LogP contribution < -0.4 is 19.5 Å². The maximum absolute atomic E-state index is 13.5. The molecule has 1 heterocycles. The number of ether oxygens (including phenoxy) is 3. The summed E-state index contributed by atoms with van der Waals surface area (Å²) in [5, 5.41) is 3.77. The van der Waals surface area contributed by atoms with Crippen molar-refractivity contribution in [1.29, 1.82) is 0 Å². The molecule has 0 bridgehead atoms. The van der Waals surface area contributed by atoms with Gasteiger partial charge in [0.1, 0.15) is 22.2 Å². The Balaban J connectivity index is 1.67. The van der Waals surface area contributed by atoms with Crippen molar-refractivity contribution in [3.05, 3.63) is 64.0 Å². The minimum atomic E-state index is -0.167. The molecule has 0 fully saturated rings. The Kier molecular flexibility index (Phi) is 7.29. The number of methoxy groups -OCH3 is 3. The normalized spacial score (nSPS) is 13.3. The molecule has 0 unspecified atom stereocenters. The molecule has 0 atom stereocenters. The zero-order valence-electron chi connectivity index (χ0n) is 19.1. The highest BCUT2D eigenvalue weighted by atomic mass is 32.1. The van der Waals surface area contributed by atoms with E-state index in [4.69, 9.17) is 19.2 Å². The molecule has 0 saturated carbocycles. The van der Waals surface area contributed by atoms with E-state index >= 15 is 0 Å². The van der Waals surface area contributed by atoms with Gasteiger partial charge in [-0.1, -0.05) is 6.42 Å². The summed E-state index contributed by atoms with van der Waals surface area (Å²) in [5.74, 6) is 1.84. The van der Waals surface area contributed by atoms with Crippen LogP contribution in [-0.2, 0) is 12.8 Å². The summed E-state index contributed by atoms with van der Waals surface area (Å²) < 4.78 is 16.0. The van der Waals surface area contributed by atoms with Gasteiger partial charge in [-0.2, -0.15) is 0 Å². The van der Waals surface area contributed by atoms with Crippen molar-refractivity contribution in [2.45, 2.75) is 32.1 Å². The summed E-state index contributed by atoms with van der Waals surface area (Å²) in [4.78, 5) is 19.5. The lowest BCUT2D eigenvalue weighted by molar-refractivity contribution is 0.102. The van der Waals surface area contributed by atoms with Gasteiger partial charge in [0, 0.05) is 17.2 Å². The molecule has 0 spiro atoms. The van der Waals surface area contributed by atoms with Crippen molar-refractivity contribution in [2.75, 3.05) is 26.6 Å². The van der Waals surface area contributed by atoms with Gasteiger partial charge in [-0.3, -0.25) is 4.79 Å². The number of fused-ring (bicyclic) bond motifs is 1. The number of hydrogen-bond acceptors (Lipinski definition) is 6. The SMILES string of the molecule is COc1ccc(C=Nc2sc3c(c2C(=O)Nc2ccc(OC)cc2OC)CCCCC3)cc1. The van der Waals surface area contributed by atoms with E-state index in [0.717, 1.165) is 47.6 Å². The molecule has 33 heavy (non-hydrogen) atoms. The molecule has 0 saturated heterocycles. The second-order valence-corrected chi connectivity index (χ2v) is 8.88. The number of nitrogens with zero attached hydrogens (tertiary/aromatic N) is 1. The number of nitrogens with one attached hydrogen (secondary N) is 1. The molecule has 1 N–H and O–H groups in total. The van der Waals surface area contributed by atoms with Crippen LogP contribution in [0, 0.1) is 0 Å². The maximum Gasteiger partial charge on any atom is 0.259 e. The standard InChI is InChI=1S/C26H28N2O4S/c1-30-18-11-9-17(10-12-18)16-27-26-24(20-7-5-4-6-8-23(20)33-26)25(29)28-21-14-13-19(31-2)15-22(21)32-3/h9-16H,4-8H2,1-3H3,(H,28,29). The van der Waals surface area contributed by atoms with Crippen LogP contribution in [0.2, 0.25) is 0 Å².